The molecule has 0 radical (unpaired) electrons. The van der Waals surface area contributed by atoms with Gasteiger partial charge in [0, 0.05) is 6.54 Å². The summed E-state index contributed by atoms with van der Waals surface area (Å²) in [6.45, 7) is 6.93. The van der Waals surface area contributed by atoms with Gasteiger partial charge in [0.05, 0.1) is 11.3 Å². The number of aromatic nitrogens is 2. The molecule has 100 valence electrons. The van der Waals surface area contributed by atoms with Crippen molar-refractivity contribution in [2.24, 2.45) is 0 Å². The number of aliphatic hydroxyl groups is 1. The number of nitrogens with zero attached hydrogens (tertiary/aromatic N) is 1. The molecule has 0 aliphatic carbocycles. The molecular weight excluding hydrogens is 234 g/mol. The predicted octanol–water partition coefficient (Wildman–Crippen LogP) is 0.278. The fourth-order valence-electron chi connectivity index (χ4n) is 1.38. The van der Waals surface area contributed by atoms with Crippen LogP contribution in [0.3, 0.4) is 0 Å². The first-order chi connectivity index (χ1) is 8.28. The van der Waals surface area contributed by atoms with Gasteiger partial charge in [0.25, 0.3) is 11.5 Å². The second-order valence-corrected chi connectivity index (χ2v) is 4.67. The van der Waals surface area contributed by atoms with Gasteiger partial charge in [-0.25, -0.2) is 5.10 Å². The number of aromatic amines is 1. The molecule has 1 unspecified atom stereocenters. The summed E-state index contributed by atoms with van der Waals surface area (Å²) in [6, 6.07) is 0. The van der Waals surface area contributed by atoms with Gasteiger partial charge in [0.1, 0.15) is 5.56 Å². The van der Waals surface area contributed by atoms with Crippen molar-refractivity contribution in [1.29, 1.82) is 0 Å². The summed E-state index contributed by atoms with van der Waals surface area (Å²) in [6.07, 6.45) is 0.512. The molecule has 0 saturated carbocycles. The van der Waals surface area contributed by atoms with Gasteiger partial charge in [-0.15, -0.1) is 0 Å². The van der Waals surface area contributed by atoms with Crippen LogP contribution in [0.4, 0.5) is 0 Å². The molecule has 0 fully saturated rings. The highest BCUT2D eigenvalue weighted by Gasteiger charge is 2.21. The number of amides is 1. The van der Waals surface area contributed by atoms with Gasteiger partial charge >= 0.3 is 0 Å². The second-order valence-electron chi connectivity index (χ2n) is 4.67. The van der Waals surface area contributed by atoms with E-state index in [4.69, 9.17) is 0 Å². The molecule has 18 heavy (non-hydrogen) atoms. The van der Waals surface area contributed by atoms with Gasteiger partial charge in [-0.1, -0.05) is 6.92 Å². The van der Waals surface area contributed by atoms with Crippen molar-refractivity contribution in [3.63, 3.8) is 0 Å². The van der Waals surface area contributed by atoms with Crippen molar-refractivity contribution in [3.8, 4) is 0 Å². The lowest BCUT2D eigenvalue weighted by Gasteiger charge is -2.21. The molecule has 1 rings (SSSR count). The van der Waals surface area contributed by atoms with Crippen molar-refractivity contribution >= 4 is 5.91 Å². The minimum absolute atomic E-state index is 0.0504. The molecule has 1 atom stereocenters. The third-order valence-electron chi connectivity index (χ3n) is 3.09. The zero-order valence-electron chi connectivity index (χ0n) is 11.1. The molecule has 1 amide bonds. The number of H-pyrrole nitrogens is 1. The summed E-state index contributed by atoms with van der Waals surface area (Å²) >= 11 is 0. The maximum atomic E-state index is 11.9. The van der Waals surface area contributed by atoms with Gasteiger partial charge in [0.15, 0.2) is 0 Å². The summed E-state index contributed by atoms with van der Waals surface area (Å²) in [4.78, 5) is 23.5. The van der Waals surface area contributed by atoms with E-state index in [0.717, 1.165) is 0 Å². The lowest BCUT2D eigenvalue weighted by molar-refractivity contribution is 0.0517. The van der Waals surface area contributed by atoms with Crippen molar-refractivity contribution in [2.75, 3.05) is 6.54 Å². The quantitative estimate of drug-likeness (QED) is 0.718. The Labute approximate surface area is 105 Å². The van der Waals surface area contributed by atoms with E-state index in [9.17, 15) is 14.7 Å². The summed E-state index contributed by atoms with van der Waals surface area (Å²) in [7, 11) is 0. The predicted molar refractivity (Wildman–Crippen MR) is 67.6 cm³/mol. The summed E-state index contributed by atoms with van der Waals surface area (Å²) in [5.74, 6) is -0.493. The molecular formula is C12H19N3O3. The van der Waals surface area contributed by atoms with Gasteiger partial charge in [-0.3, -0.25) is 9.59 Å². The zero-order valence-corrected chi connectivity index (χ0v) is 11.1. The number of carbonyl (C=O) groups is 1. The molecule has 0 aliphatic rings. The maximum Gasteiger partial charge on any atom is 0.277 e. The fourth-order valence-corrected chi connectivity index (χ4v) is 1.38. The first kappa shape index (κ1) is 14.4. The monoisotopic (exact) mass is 253 g/mol. The fraction of sp³-hybridized carbons (Fsp3) is 0.583. The number of aryl methyl sites for hydroxylation is 1. The summed E-state index contributed by atoms with van der Waals surface area (Å²) in [5.41, 5.74) is -0.297. The topological polar surface area (TPSA) is 95.1 Å². The van der Waals surface area contributed by atoms with E-state index >= 15 is 0 Å². The van der Waals surface area contributed by atoms with Crippen molar-refractivity contribution in [2.45, 2.75) is 39.7 Å². The number of nitrogens with one attached hydrogen (secondary N) is 2. The Morgan fingerprint density at radius 1 is 1.50 bits per heavy atom. The molecule has 0 spiro atoms. The molecule has 3 N–H and O–H groups in total. The maximum absolute atomic E-state index is 11.9. The van der Waals surface area contributed by atoms with Gasteiger partial charge < -0.3 is 10.4 Å². The van der Waals surface area contributed by atoms with E-state index in [1.165, 1.54) is 0 Å². The molecule has 0 bridgehead atoms. The first-order valence-corrected chi connectivity index (χ1v) is 5.85. The van der Waals surface area contributed by atoms with Crippen LogP contribution >= 0.6 is 0 Å². The van der Waals surface area contributed by atoms with Crippen LogP contribution < -0.4 is 10.9 Å². The van der Waals surface area contributed by atoms with Crippen LogP contribution in [-0.2, 0) is 0 Å². The van der Waals surface area contributed by atoms with Gasteiger partial charge in [-0.2, -0.15) is 5.10 Å². The SMILES string of the molecule is CCC(C)(O)CNC(=O)c1c(C)c(C)n[nH]c1=O. The molecule has 6 nitrogen and oxygen atoms in total. The molecule has 0 aromatic carbocycles. The van der Waals surface area contributed by atoms with Crippen LogP contribution in [-0.4, -0.2) is 33.4 Å². The third-order valence-corrected chi connectivity index (χ3v) is 3.09. The van der Waals surface area contributed by atoms with E-state index in [2.05, 4.69) is 15.5 Å². The average Bonchev–Trinajstić information content (AvgIpc) is 2.32. The second kappa shape index (κ2) is 5.30. The Morgan fingerprint density at radius 3 is 2.67 bits per heavy atom. The van der Waals surface area contributed by atoms with Crippen LogP contribution in [0.15, 0.2) is 4.79 Å². The van der Waals surface area contributed by atoms with E-state index in [-0.39, 0.29) is 12.1 Å². The summed E-state index contributed by atoms with van der Waals surface area (Å²) in [5, 5.41) is 18.4. The molecule has 1 heterocycles. The third kappa shape index (κ3) is 3.16. The van der Waals surface area contributed by atoms with Crippen molar-refractivity contribution in [1.82, 2.24) is 15.5 Å². The van der Waals surface area contributed by atoms with Crippen LogP contribution in [0.1, 0.15) is 41.9 Å². The molecule has 6 heteroatoms. The lowest BCUT2D eigenvalue weighted by atomic mass is 10.0. The Hall–Kier alpha value is -1.69. The number of carbonyl (C=O) groups excluding carboxylic acids is 1. The van der Waals surface area contributed by atoms with Crippen LogP contribution in [0, 0.1) is 13.8 Å². The largest absolute Gasteiger partial charge is 0.388 e. The minimum Gasteiger partial charge on any atom is -0.388 e. The van der Waals surface area contributed by atoms with Crippen molar-refractivity contribution in [3.05, 3.63) is 27.2 Å². The Bertz CT molecular complexity index is 506. The minimum atomic E-state index is -0.974. The molecule has 0 saturated heterocycles. The molecule has 0 aliphatic heterocycles. The van der Waals surface area contributed by atoms with E-state index < -0.39 is 17.1 Å². The normalized spacial score (nSPS) is 14.1. The summed E-state index contributed by atoms with van der Waals surface area (Å²) < 4.78 is 0. The highest BCUT2D eigenvalue weighted by Crippen LogP contribution is 2.08. The smallest absolute Gasteiger partial charge is 0.277 e. The van der Waals surface area contributed by atoms with Gasteiger partial charge in [0.2, 0.25) is 0 Å². The Balaban J connectivity index is 2.93. The number of rotatable bonds is 4. The highest BCUT2D eigenvalue weighted by molar-refractivity contribution is 5.95. The Morgan fingerprint density at radius 2 is 2.11 bits per heavy atom. The van der Waals surface area contributed by atoms with Crippen LogP contribution in [0.25, 0.3) is 0 Å². The van der Waals surface area contributed by atoms with E-state index in [0.29, 0.717) is 17.7 Å². The van der Waals surface area contributed by atoms with Crippen molar-refractivity contribution < 1.29 is 9.90 Å². The first-order valence-electron chi connectivity index (χ1n) is 5.85. The Kier molecular flexibility index (Phi) is 4.24. The lowest BCUT2D eigenvalue weighted by Crippen LogP contribution is -2.42. The van der Waals surface area contributed by atoms with E-state index in [1.54, 1.807) is 20.8 Å². The number of hydrogen-bond donors (Lipinski definition) is 3. The molecule has 1 aromatic heterocycles. The van der Waals surface area contributed by atoms with Gasteiger partial charge in [-0.05, 0) is 32.8 Å². The van der Waals surface area contributed by atoms with Crippen LogP contribution in [0.5, 0.6) is 0 Å². The number of hydrogen-bond acceptors (Lipinski definition) is 4. The average molecular weight is 253 g/mol. The highest BCUT2D eigenvalue weighted by atomic mass is 16.3. The van der Waals surface area contributed by atoms with E-state index in [1.807, 2.05) is 6.92 Å². The zero-order chi connectivity index (χ0) is 13.9. The van der Waals surface area contributed by atoms with Crippen LogP contribution in [0.2, 0.25) is 0 Å². The standard InChI is InChI=1S/C12H19N3O3/c1-5-12(4,18)6-13-10(16)9-7(2)8(3)14-15-11(9)17/h18H,5-6H2,1-4H3,(H,13,16)(H,15,17). The molecule has 1 aromatic rings.